The summed E-state index contributed by atoms with van der Waals surface area (Å²) in [5.41, 5.74) is 0.593. The van der Waals surface area contributed by atoms with Gasteiger partial charge in [0.05, 0.1) is 9.82 Å². The smallest absolute Gasteiger partial charge is 0.744 e. The molecular weight excluding hydrogens is 347 g/mol. The van der Waals surface area contributed by atoms with Crippen molar-refractivity contribution in [2.24, 2.45) is 0 Å². The zero-order valence-electron chi connectivity index (χ0n) is 12.8. The number of hydrogen-bond acceptors (Lipinski definition) is 6. The SMILES string of the molecule is Cc1ccc(C(=O)Nc2ccc(S(=O)(=O)[O-])cc2)cc1[N+](=O)[O-].[Na+]. The molecule has 0 fully saturated rings. The van der Waals surface area contributed by atoms with Crippen LogP contribution in [0.15, 0.2) is 47.4 Å². The normalized spacial score (nSPS) is 10.6. The van der Waals surface area contributed by atoms with Crippen molar-refractivity contribution >= 4 is 27.4 Å². The molecule has 120 valence electrons. The third kappa shape index (κ3) is 4.86. The van der Waals surface area contributed by atoms with E-state index in [9.17, 15) is 27.9 Å². The van der Waals surface area contributed by atoms with Crippen molar-refractivity contribution in [1.29, 1.82) is 0 Å². The van der Waals surface area contributed by atoms with Gasteiger partial charge < -0.3 is 9.87 Å². The average molecular weight is 358 g/mol. The van der Waals surface area contributed by atoms with Gasteiger partial charge in [-0.25, -0.2) is 8.42 Å². The van der Waals surface area contributed by atoms with Crippen LogP contribution in [0, 0.1) is 17.0 Å². The van der Waals surface area contributed by atoms with Crippen LogP contribution in [0.25, 0.3) is 0 Å². The Morgan fingerprint density at radius 2 is 1.71 bits per heavy atom. The van der Waals surface area contributed by atoms with Crippen LogP contribution in [0.2, 0.25) is 0 Å². The number of hydrogen-bond donors (Lipinski definition) is 1. The molecule has 0 spiro atoms. The molecule has 0 saturated carbocycles. The fourth-order valence-electron chi connectivity index (χ4n) is 1.86. The molecule has 0 aromatic heterocycles. The molecule has 10 heteroatoms. The van der Waals surface area contributed by atoms with Crippen LogP contribution in [0.1, 0.15) is 15.9 Å². The molecule has 8 nitrogen and oxygen atoms in total. The van der Waals surface area contributed by atoms with E-state index in [1.807, 2.05) is 0 Å². The summed E-state index contributed by atoms with van der Waals surface area (Å²) >= 11 is 0. The number of rotatable bonds is 4. The molecule has 2 rings (SSSR count). The van der Waals surface area contributed by atoms with Gasteiger partial charge in [0.1, 0.15) is 10.1 Å². The van der Waals surface area contributed by atoms with Crippen LogP contribution in [0.3, 0.4) is 0 Å². The third-order valence-corrected chi connectivity index (χ3v) is 3.92. The van der Waals surface area contributed by atoms with Crippen LogP contribution < -0.4 is 34.9 Å². The molecule has 2 aromatic carbocycles. The fraction of sp³-hybridized carbons (Fsp3) is 0.0714. The summed E-state index contributed by atoms with van der Waals surface area (Å²) in [7, 11) is -4.56. The number of aryl methyl sites for hydroxylation is 1. The first-order valence-electron chi connectivity index (χ1n) is 6.31. The maximum absolute atomic E-state index is 12.1. The molecule has 1 amide bonds. The summed E-state index contributed by atoms with van der Waals surface area (Å²) in [6, 6.07) is 8.69. The van der Waals surface area contributed by atoms with Gasteiger partial charge in [-0.05, 0) is 37.3 Å². The Hall–Kier alpha value is -1.78. The molecule has 24 heavy (non-hydrogen) atoms. The van der Waals surface area contributed by atoms with E-state index in [0.717, 1.165) is 18.2 Å². The van der Waals surface area contributed by atoms with E-state index in [4.69, 9.17) is 0 Å². The quantitative estimate of drug-likeness (QED) is 0.325. The van der Waals surface area contributed by atoms with Gasteiger partial charge in [-0.2, -0.15) is 0 Å². The molecule has 0 radical (unpaired) electrons. The molecule has 0 aliphatic carbocycles. The van der Waals surface area contributed by atoms with Crippen LogP contribution in [0.4, 0.5) is 11.4 Å². The van der Waals surface area contributed by atoms with E-state index in [1.54, 1.807) is 6.92 Å². The fourth-order valence-corrected chi connectivity index (χ4v) is 2.32. The number of nitrogens with one attached hydrogen (secondary N) is 1. The predicted octanol–water partition coefficient (Wildman–Crippen LogP) is -0.936. The minimum atomic E-state index is -4.56. The van der Waals surface area contributed by atoms with Crippen molar-refractivity contribution in [2.75, 3.05) is 5.32 Å². The van der Waals surface area contributed by atoms with Crippen LogP contribution in [0.5, 0.6) is 0 Å². The maximum atomic E-state index is 12.1. The van der Waals surface area contributed by atoms with Gasteiger partial charge in [0, 0.05) is 22.9 Å². The number of nitrogens with zero attached hydrogens (tertiary/aromatic N) is 1. The number of amides is 1. The van der Waals surface area contributed by atoms with Crippen molar-refractivity contribution < 1.29 is 52.2 Å². The predicted molar refractivity (Wildman–Crippen MR) is 80.2 cm³/mol. The molecule has 0 aliphatic rings. The van der Waals surface area contributed by atoms with Crippen molar-refractivity contribution in [2.45, 2.75) is 11.8 Å². The first kappa shape index (κ1) is 20.3. The number of carbonyl (C=O) groups is 1. The van der Waals surface area contributed by atoms with Gasteiger partial charge in [-0.1, -0.05) is 6.07 Å². The third-order valence-electron chi connectivity index (χ3n) is 3.07. The first-order chi connectivity index (χ1) is 10.7. The van der Waals surface area contributed by atoms with E-state index in [-0.39, 0.29) is 46.5 Å². The van der Waals surface area contributed by atoms with Gasteiger partial charge in [0.15, 0.2) is 0 Å². The second-order valence-electron chi connectivity index (χ2n) is 4.69. The largest absolute Gasteiger partial charge is 1.00 e. The second-order valence-corrected chi connectivity index (χ2v) is 6.07. The summed E-state index contributed by atoms with van der Waals surface area (Å²) in [4.78, 5) is 21.9. The van der Waals surface area contributed by atoms with E-state index in [1.165, 1.54) is 24.3 Å². The topological polar surface area (TPSA) is 129 Å². The van der Waals surface area contributed by atoms with E-state index >= 15 is 0 Å². The number of carbonyl (C=O) groups excluding carboxylic acids is 1. The minimum Gasteiger partial charge on any atom is -0.744 e. The van der Waals surface area contributed by atoms with Crippen molar-refractivity contribution in [3.63, 3.8) is 0 Å². The van der Waals surface area contributed by atoms with Gasteiger partial charge in [0.25, 0.3) is 11.6 Å². The zero-order valence-corrected chi connectivity index (χ0v) is 15.7. The van der Waals surface area contributed by atoms with Crippen LogP contribution >= 0.6 is 0 Å². The van der Waals surface area contributed by atoms with E-state index in [0.29, 0.717) is 5.56 Å². The van der Waals surface area contributed by atoms with Crippen LogP contribution in [-0.2, 0) is 10.1 Å². The van der Waals surface area contributed by atoms with E-state index in [2.05, 4.69) is 5.32 Å². The summed E-state index contributed by atoms with van der Waals surface area (Å²) in [5.74, 6) is -0.592. The standard InChI is InChI=1S/C14H12N2O6S.Na/c1-9-2-3-10(8-13(9)16(18)19)14(17)15-11-4-6-12(7-5-11)23(20,21)22;/h2-8H,1H3,(H,15,17)(H,20,21,22);/q;+1/p-1. The number of anilines is 1. The minimum absolute atomic E-state index is 0. The van der Waals surface area contributed by atoms with Crippen molar-refractivity contribution in [3.05, 3.63) is 63.7 Å². The summed E-state index contributed by atoms with van der Waals surface area (Å²) < 4.78 is 32.4. The van der Waals surface area contributed by atoms with Crippen molar-refractivity contribution in [3.8, 4) is 0 Å². The Labute approximate surface area is 160 Å². The second kappa shape index (κ2) is 7.86. The Balaban J connectivity index is 0.00000288. The van der Waals surface area contributed by atoms with E-state index < -0.39 is 25.8 Å². The summed E-state index contributed by atoms with van der Waals surface area (Å²) in [6.07, 6.45) is 0. The zero-order chi connectivity index (χ0) is 17.2. The van der Waals surface area contributed by atoms with Gasteiger partial charge >= 0.3 is 29.6 Å². The Bertz CT molecular complexity index is 881. The molecular formula is C14H11N2NaO6S. The number of nitro benzene ring substituents is 1. The van der Waals surface area contributed by atoms with Crippen LogP contribution in [-0.4, -0.2) is 23.8 Å². The molecule has 2 aromatic rings. The number of nitro groups is 1. The molecule has 0 bridgehead atoms. The molecule has 0 aliphatic heterocycles. The average Bonchev–Trinajstić information content (AvgIpc) is 2.47. The Morgan fingerprint density at radius 1 is 1.12 bits per heavy atom. The monoisotopic (exact) mass is 358 g/mol. The molecule has 0 unspecified atom stereocenters. The first-order valence-corrected chi connectivity index (χ1v) is 7.71. The van der Waals surface area contributed by atoms with Gasteiger partial charge in [-0.15, -0.1) is 0 Å². The summed E-state index contributed by atoms with van der Waals surface area (Å²) in [6.45, 7) is 1.56. The molecule has 0 atom stereocenters. The molecule has 1 N–H and O–H groups in total. The van der Waals surface area contributed by atoms with Gasteiger partial charge in [0.2, 0.25) is 0 Å². The Morgan fingerprint density at radius 3 is 2.21 bits per heavy atom. The van der Waals surface area contributed by atoms with Crippen molar-refractivity contribution in [1.82, 2.24) is 0 Å². The number of benzene rings is 2. The Kier molecular flexibility index (Phi) is 6.64. The maximum Gasteiger partial charge on any atom is 1.00 e. The van der Waals surface area contributed by atoms with Gasteiger partial charge in [-0.3, -0.25) is 14.9 Å². The molecule has 0 saturated heterocycles. The summed E-state index contributed by atoms with van der Waals surface area (Å²) in [5, 5.41) is 13.3. The molecule has 0 heterocycles.